The van der Waals surface area contributed by atoms with E-state index >= 15 is 0 Å². The number of aryl methyl sites for hydroxylation is 1. The molecular weight excluding hydrogens is 142 g/mol. The van der Waals surface area contributed by atoms with Crippen LogP contribution < -0.4 is 5.73 Å². The van der Waals surface area contributed by atoms with Gasteiger partial charge < -0.3 is 14.9 Å². The average Bonchev–Trinajstić information content (AvgIpc) is 2.37. The predicted octanol–water partition coefficient (Wildman–Crippen LogP) is 1.06. The highest BCUT2D eigenvalue weighted by Crippen LogP contribution is 2.06. The first kappa shape index (κ1) is 8.30. The molecule has 0 aromatic carbocycles. The molecule has 1 rings (SSSR count). The molecule has 11 heavy (non-hydrogen) atoms. The lowest BCUT2D eigenvalue weighted by Gasteiger charge is -1.97. The molecule has 0 bridgehead atoms. The molecule has 0 aliphatic rings. The van der Waals surface area contributed by atoms with E-state index in [1.807, 2.05) is 19.1 Å². The highest BCUT2D eigenvalue weighted by Gasteiger charge is 1.96. The van der Waals surface area contributed by atoms with Gasteiger partial charge in [0.25, 0.3) is 0 Å². The molecule has 1 heterocycles. The van der Waals surface area contributed by atoms with Gasteiger partial charge >= 0.3 is 0 Å². The minimum atomic E-state index is 0.519. The van der Waals surface area contributed by atoms with Crippen molar-refractivity contribution in [3.63, 3.8) is 0 Å². The number of nitrogens with two attached hydrogens (primary N) is 1. The molecule has 0 aliphatic heterocycles. The van der Waals surface area contributed by atoms with Gasteiger partial charge in [-0.15, -0.1) is 0 Å². The fraction of sp³-hybridized carbons (Fsp3) is 0.500. The van der Waals surface area contributed by atoms with Crippen molar-refractivity contribution in [1.82, 2.24) is 0 Å². The van der Waals surface area contributed by atoms with Crippen LogP contribution in [0.15, 0.2) is 16.5 Å². The van der Waals surface area contributed by atoms with Crippen molar-refractivity contribution in [2.24, 2.45) is 5.73 Å². The molecule has 0 unspecified atom stereocenters. The highest BCUT2D eigenvalue weighted by atomic mass is 16.5. The molecule has 0 saturated heterocycles. The Kier molecular flexibility index (Phi) is 3.14. The van der Waals surface area contributed by atoms with Gasteiger partial charge in [0.15, 0.2) is 0 Å². The summed E-state index contributed by atoms with van der Waals surface area (Å²) in [6.07, 6.45) is 0. The van der Waals surface area contributed by atoms with E-state index in [-0.39, 0.29) is 0 Å². The molecule has 1 aromatic rings. The number of rotatable bonds is 4. The molecule has 0 spiro atoms. The van der Waals surface area contributed by atoms with E-state index in [2.05, 4.69) is 0 Å². The molecule has 2 N–H and O–H groups in total. The van der Waals surface area contributed by atoms with Crippen molar-refractivity contribution >= 4 is 0 Å². The molecule has 0 atom stereocenters. The van der Waals surface area contributed by atoms with Crippen LogP contribution in [-0.2, 0) is 11.3 Å². The predicted molar refractivity (Wildman–Crippen MR) is 42.2 cm³/mol. The van der Waals surface area contributed by atoms with Crippen molar-refractivity contribution in [1.29, 1.82) is 0 Å². The molecule has 3 heteroatoms. The minimum absolute atomic E-state index is 0.519. The second-order valence-electron chi connectivity index (χ2n) is 2.35. The van der Waals surface area contributed by atoms with Gasteiger partial charge in [-0.25, -0.2) is 0 Å². The summed E-state index contributed by atoms with van der Waals surface area (Å²) in [7, 11) is 0. The number of hydrogen-bond acceptors (Lipinski definition) is 3. The van der Waals surface area contributed by atoms with Gasteiger partial charge in [0, 0.05) is 6.54 Å². The first-order chi connectivity index (χ1) is 5.33. The molecule has 0 aliphatic carbocycles. The smallest absolute Gasteiger partial charge is 0.129 e. The first-order valence-corrected chi connectivity index (χ1v) is 3.66. The molecule has 3 nitrogen and oxygen atoms in total. The van der Waals surface area contributed by atoms with Gasteiger partial charge in [-0.2, -0.15) is 0 Å². The van der Waals surface area contributed by atoms with Gasteiger partial charge in [-0.1, -0.05) is 0 Å². The molecular formula is C8H13NO2. The van der Waals surface area contributed by atoms with Gasteiger partial charge in [-0.05, 0) is 19.1 Å². The van der Waals surface area contributed by atoms with Crippen LogP contribution in [0.25, 0.3) is 0 Å². The molecule has 0 amide bonds. The minimum Gasteiger partial charge on any atom is -0.464 e. The lowest BCUT2D eigenvalue weighted by atomic mass is 10.4. The largest absolute Gasteiger partial charge is 0.464 e. The molecule has 0 radical (unpaired) electrons. The second kappa shape index (κ2) is 4.16. The van der Waals surface area contributed by atoms with E-state index in [0.717, 1.165) is 11.5 Å². The summed E-state index contributed by atoms with van der Waals surface area (Å²) in [5.74, 6) is 1.77. The summed E-state index contributed by atoms with van der Waals surface area (Å²) in [6, 6.07) is 3.83. The summed E-state index contributed by atoms with van der Waals surface area (Å²) in [4.78, 5) is 0. The zero-order chi connectivity index (χ0) is 8.10. The van der Waals surface area contributed by atoms with Crippen molar-refractivity contribution in [2.75, 3.05) is 13.2 Å². The Morgan fingerprint density at radius 3 is 2.91 bits per heavy atom. The standard InChI is InChI=1S/C8H13NO2/c1-7-2-3-8(11-7)6-10-5-4-9/h2-3H,4-6,9H2,1H3. The summed E-state index contributed by atoms with van der Waals surface area (Å²) in [6.45, 7) is 3.57. The van der Waals surface area contributed by atoms with Crippen LogP contribution in [-0.4, -0.2) is 13.2 Å². The molecule has 0 saturated carbocycles. The third kappa shape index (κ3) is 2.74. The van der Waals surface area contributed by atoms with E-state index in [0.29, 0.717) is 19.8 Å². The number of hydrogen-bond donors (Lipinski definition) is 1. The number of furan rings is 1. The quantitative estimate of drug-likeness (QED) is 0.661. The zero-order valence-electron chi connectivity index (χ0n) is 6.67. The Labute approximate surface area is 66.1 Å². The van der Waals surface area contributed by atoms with Gasteiger partial charge in [0.2, 0.25) is 0 Å². The normalized spacial score (nSPS) is 10.4. The average molecular weight is 155 g/mol. The fourth-order valence-electron chi connectivity index (χ4n) is 0.819. The van der Waals surface area contributed by atoms with Crippen molar-refractivity contribution in [3.8, 4) is 0 Å². The summed E-state index contributed by atoms with van der Waals surface area (Å²) in [5.41, 5.74) is 5.24. The van der Waals surface area contributed by atoms with Crippen molar-refractivity contribution < 1.29 is 9.15 Å². The third-order valence-corrected chi connectivity index (χ3v) is 1.30. The highest BCUT2D eigenvalue weighted by molar-refractivity contribution is 5.04. The lowest BCUT2D eigenvalue weighted by molar-refractivity contribution is 0.112. The van der Waals surface area contributed by atoms with E-state index < -0.39 is 0 Å². The van der Waals surface area contributed by atoms with Crippen LogP contribution in [0.4, 0.5) is 0 Å². The lowest BCUT2D eigenvalue weighted by Crippen LogP contribution is -2.07. The molecule has 0 fully saturated rings. The zero-order valence-corrected chi connectivity index (χ0v) is 6.67. The monoisotopic (exact) mass is 155 g/mol. The van der Waals surface area contributed by atoms with Crippen LogP contribution in [0.1, 0.15) is 11.5 Å². The Balaban J connectivity index is 2.27. The summed E-state index contributed by atoms with van der Waals surface area (Å²) >= 11 is 0. The van der Waals surface area contributed by atoms with Gasteiger partial charge in [0.05, 0.1) is 6.61 Å². The Hall–Kier alpha value is -0.800. The van der Waals surface area contributed by atoms with E-state index in [1.54, 1.807) is 0 Å². The Morgan fingerprint density at radius 1 is 1.55 bits per heavy atom. The van der Waals surface area contributed by atoms with Crippen molar-refractivity contribution in [3.05, 3.63) is 23.7 Å². The van der Waals surface area contributed by atoms with Crippen LogP contribution in [0, 0.1) is 6.92 Å². The van der Waals surface area contributed by atoms with E-state index in [4.69, 9.17) is 14.9 Å². The third-order valence-electron chi connectivity index (χ3n) is 1.30. The van der Waals surface area contributed by atoms with Gasteiger partial charge in [0.1, 0.15) is 18.1 Å². The number of ether oxygens (including phenoxy) is 1. The second-order valence-corrected chi connectivity index (χ2v) is 2.35. The fourth-order valence-corrected chi connectivity index (χ4v) is 0.819. The maximum atomic E-state index is 5.26. The van der Waals surface area contributed by atoms with E-state index in [9.17, 15) is 0 Å². The molecule has 1 aromatic heterocycles. The summed E-state index contributed by atoms with van der Waals surface area (Å²) in [5, 5.41) is 0. The van der Waals surface area contributed by atoms with Crippen molar-refractivity contribution in [2.45, 2.75) is 13.5 Å². The van der Waals surface area contributed by atoms with Gasteiger partial charge in [-0.3, -0.25) is 0 Å². The Morgan fingerprint density at radius 2 is 2.36 bits per heavy atom. The Bertz CT molecular complexity index is 208. The first-order valence-electron chi connectivity index (χ1n) is 3.66. The maximum absolute atomic E-state index is 5.26. The van der Waals surface area contributed by atoms with Crippen LogP contribution in [0.5, 0.6) is 0 Å². The molecule has 62 valence electrons. The topological polar surface area (TPSA) is 48.4 Å². The van der Waals surface area contributed by atoms with Crippen LogP contribution >= 0.6 is 0 Å². The van der Waals surface area contributed by atoms with E-state index in [1.165, 1.54) is 0 Å². The van der Waals surface area contributed by atoms with Crippen LogP contribution in [0.2, 0.25) is 0 Å². The summed E-state index contributed by atoms with van der Waals surface area (Å²) < 4.78 is 10.4. The maximum Gasteiger partial charge on any atom is 0.129 e. The van der Waals surface area contributed by atoms with Crippen LogP contribution in [0.3, 0.4) is 0 Å². The SMILES string of the molecule is Cc1ccc(COCCN)o1.